The van der Waals surface area contributed by atoms with Gasteiger partial charge in [0, 0.05) is 60.2 Å². The number of allylic oxidation sites excluding steroid dienone is 8. The highest BCUT2D eigenvalue weighted by Gasteiger charge is 2.86. The quantitative estimate of drug-likeness (QED) is 0.0412. The van der Waals surface area contributed by atoms with Gasteiger partial charge in [-0.15, -0.1) is 0 Å². The number of rotatable bonds is 12. The number of ketones is 2. The van der Waals surface area contributed by atoms with Crippen molar-refractivity contribution in [3.63, 3.8) is 0 Å². The number of carbonyl (C=O) groups is 3. The van der Waals surface area contributed by atoms with Gasteiger partial charge in [0.25, 0.3) is 5.60 Å². The van der Waals surface area contributed by atoms with Crippen LogP contribution in [0.1, 0.15) is 199 Å². The maximum absolute atomic E-state index is 17.0. The summed E-state index contributed by atoms with van der Waals surface area (Å²) in [6.07, 6.45) is 31.2. The molecule has 13 aliphatic rings. The number of dihydropyridines is 2. The van der Waals surface area contributed by atoms with E-state index in [9.17, 15) is 20.4 Å². The third kappa shape index (κ3) is 10.8. The van der Waals surface area contributed by atoms with Gasteiger partial charge in [-0.05, 0) is 239 Å². The first-order chi connectivity index (χ1) is 45.0. The first-order valence-electron chi connectivity index (χ1n) is 36.2. The van der Waals surface area contributed by atoms with Crippen molar-refractivity contribution in [1.82, 2.24) is 26.6 Å². The molecule has 2 aromatic carbocycles. The van der Waals surface area contributed by atoms with Crippen LogP contribution in [0.4, 0.5) is 0 Å². The normalized spacial score (nSPS) is 39.7. The number of phenolic OH excluding ortho intramolecular Hbond substituents is 1. The van der Waals surface area contributed by atoms with Gasteiger partial charge >= 0.3 is 5.97 Å². The number of hydrogen-bond acceptors (Lipinski definition) is 15. The number of nitrogens with two attached hydrogens (primary N) is 1. The number of phenols is 1. The molecular formula is C78H102N6O9. The molecule has 2 aromatic rings. The van der Waals surface area contributed by atoms with Crippen molar-refractivity contribution in [2.75, 3.05) is 33.4 Å². The summed E-state index contributed by atoms with van der Waals surface area (Å²) in [6.45, 7) is 5.43. The fourth-order valence-corrected chi connectivity index (χ4v) is 21.8. The molecule has 1 saturated heterocycles. The molecule has 11 N–H and O–H groups in total. The topological polar surface area (TPSA) is 240 Å². The van der Waals surface area contributed by atoms with E-state index in [-0.39, 0.29) is 77.5 Å². The SMILES string of the molecule is CNC1CCC2=C(NCC=C2CCC(C)=C(CO)CC23OC24C(=O)OC2C5CC(O)C6(CCC(CO)C6)C6CC(c7cccc(O)c7)C7=CC(=CNC7N)CC(C)(CCCCC7CC=CC8=CC(NCC9CCCCC9)(CC56)C2CC87)Cc2cccc(c2C4=O)C3=O)N1. The van der Waals surface area contributed by atoms with Gasteiger partial charge in [-0.25, -0.2) is 4.79 Å². The van der Waals surface area contributed by atoms with Gasteiger partial charge in [0.05, 0.1) is 25.0 Å². The van der Waals surface area contributed by atoms with Gasteiger partial charge < -0.3 is 62.2 Å². The van der Waals surface area contributed by atoms with Gasteiger partial charge in [-0.1, -0.05) is 105 Å². The fourth-order valence-electron chi connectivity index (χ4n) is 21.8. The zero-order valence-electron chi connectivity index (χ0n) is 55.2. The highest BCUT2D eigenvalue weighted by Crippen LogP contribution is 2.68. The molecule has 15 heteroatoms. The third-order valence-electron chi connectivity index (χ3n) is 26.7. The van der Waals surface area contributed by atoms with E-state index in [2.05, 4.69) is 76.2 Å². The number of carbonyl (C=O) groups excluding carboxylic acids is 3. The molecule has 0 amide bonds. The van der Waals surface area contributed by atoms with Crippen molar-refractivity contribution in [3.05, 3.63) is 146 Å². The van der Waals surface area contributed by atoms with Crippen LogP contribution < -0.4 is 32.3 Å². The van der Waals surface area contributed by atoms with Crippen molar-refractivity contribution in [2.45, 2.75) is 215 Å². The maximum Gasteiger partial charge on any atom is 0.350 e. The highest BCUT2D eigenvalue weighted by atomic mass is 16.7. The van der Waals surface area contributed by atoms with Gasteiger partial charge in [0.15, 0.2) is 11.4 Å². The van der Waals surface area contributed by atoms with E-state index in [0.29, 0.717) is 74.5 Å². The van der Waals surface area contributed by atoms with Crippen LogP contribution in [-0.4, -0.2) is 113 Å². The zero-order chi connectivity index (χ0) is 64.2. The first kappa shape index (κ1) is 63.4. The minimum atomic E-state index is -2.35. The second-order valence-corrected chi connectivity index (χ2v) is 31.8. The summed E-state index contributed by atoms with van der Waals surface area (Å²) in [5.74, 6) is -0.965. The number of benzene rings is 2. The van der Waals surface area contributed by atoms with Gasteiger partial charge in [-0.3, -0.25) is 9.59 Å². The summed E-state index contributed by atoms with van der Waals surface area (Å²) in [5, 5.41) is 66.4. The van der Waals surface area contributed by atoms with Crippen molar-refractivity contribution in [1.29, 1.82) is 0 Å². The average Bonchev–Trinajstić information content (AvgIpc) is 1.50. The molecule has 15 rings (SSSR count). The number of ether oxygens (including phenoxy) is 2. The molecule has 4 saturated carbocycles. The van der Waals surface area contributed by atoms with Crippen LogP contribution in [0.2, 0.25) is 0 Å². The average molecular weight is 1270 g/mol. The molecule has 2 spiro atoms. The van der Waals surface area contributed by atoms with Crippen molar-refractivity contribution in [3.8, 4) is 5.75 Å². The molecule has 5 fully saturated rings. The largest absolute Gasteiger partial charge is 0.508 e. The minimum absolute atomic E-state index is 0.0101. The van der Waals surface area contributed by atoms with E-state index in [1.165, 1.54) is 36.0 Å². The van der Waals surface area contributed by atoms with E-state index in [4.69, 9.17) is 15.2 Å². The smallest absolute Gasteiger partial charge is 0.350 e. The third-order valence-corrected chi connectivity index (χ3v) is 26.7. The van der Waals surface area contributed by atoms with Crippen LogP contribution in [0.5, 0.6) is 5.75 Å². The van der Waals surface area contributed by atoms with Crippen molar-refractivity contribution in [2.24, 2.45) is 63.9 Å². The second kappa shape index (κ2) is 24.8. The summed E-state index contributed by atoms with van der Waals surface area (Å²) in [5.41, 5.74) is 10.7. The molecule has 6 aliphatic heterocycles. The lowest BCUT2D eigenvalue weighted by atomic mass is 9.45. The van der Waals surface area contributed by atoms with E-state index < -0.39 is 70.1 Å². The fraction of sp³-hybridized carbons (Fsp3) is 0.628. The van der Waals surface area contributed by atoms with E-state index in [0.717, 1.165) is 118 Å². The van der Waals surface area contributed by atoms with Gasteiger partial charge in [0.1, 0.15) is 17.7 Å². The molecule has 498 valence electrons. The number of Topliss-reactive ketones (excluding diaryl/α,β-unsaturated/α-hetero) is 2. The monoisotopic (exact) mass is 1270 g/mol. The standard InChI is InChI=1S/C78H102N6O9/c1-45(21-22-50-26-29-81-72-56(50)23-24-66(80-3)84-72)54(44-86)39-77-69(89)57-20-11-18-53-37-74(2)27-8-7-14-49-15-9-17-52-38-76(83-42-46-12-5-4-6-13-46)40-62-60(68(64(76)32-58(49)52)92-73(91)78(77,93-77)70(90)67(53)57)34-65(88)75(28-25-47(36-75)43-85)63(62)33-59(51-16-10-19-55(87)31-51)61-30-48(35-74)41-82-71(61)79/h9-11,16-20,26,30-31,38,41,46-47,49,58-60,62-66,68,71,80-88H,4-8,12-15,21-25,27-29,32-37,39-40,42-44,79H2,1-3H3. The molecule has 7 aliphatic carbocycles. The maximum atomic E-state index is 17.0. The van der Waals surface area contributed by atoms with E-state index >= 15 is 14.4 Å². The minimum Gasteiger partial charge on any atom is -0.508 e. The molecule has 17 unspecified atom stereocenters. The molecule has 11 bridgehead atoms. The number of hydrogen-bond donors (Lipinski definition) is 10. The number of aromatic hydroxyl groups is 1. The summed E-state index contributed by atoms with van der Waals surface area (Å²) >= 11 is 0. The Kier molecular flexibility index (Phi) is 16.9. The molecular weight excluding hydrogens is 1160 g/mol. The molecule has 0 aromatic heterocycles. The van der Waals surface area contributed by atoms with Crippen molar-refractivity contribution >= 4 is 17.5 Å². The molecule has 93 heavy (non-hydrogen) atoms. The van der Waals surface area contributed by atoms with Crippen LogP contribution in [0.3, 0.4) is 0 Å². The Bertz CT molecular complexity index is 3540. The summed E-state index contributed by atoms with van der Waals surface area (Å²) in [4.78, 5) is 50.1. The van der Waals surface area contributed by atoms with E-state index in [1.54, 1.807) is 12.1 Å². The zero-order valence-corrected chi connectivity index (χ0v) is 55.2. The predicted molar refractivity (Wildman–Crippen MR) is 358 cm³/mol. The van der Waals surface area contributed by atoms with Crippen LogP contribution in [0.15, 0.2) is 124 Å². The number of epoxide rings is 1. The first-order valence-corrected chi connectivity index (χ1v) is 36.2. The predicted octanol–water partition coefficient (Wildman–Crippen LogP) is 10.6. The summed E-state index contributed by atoms with van der Waals surface area (Å²) < 4.78 is 14.7. The lowest BCUT2D eigenvalue weighted by Crippen LogP contribution is -2.68. The van der Waals surface area contributed by atoms with Crippen molar-refractivity contribution < 1.29 is 44.3 Å². The molecule has 0 radical (unpaired) electrons. The van der Waals surface area contributed by atoms with Crippen LogP contribution >= 0.6 is 0 Å². The Morgan fingerprint density at radius 2 is 1.73 bits per heavy atom. The molecule has 6 heterocycles. The van der Waals surface area contributed by atoms with Crippen LogP contribution in [0.25, 0.3) is 0 Å². The summed E-state index contributed by atoms with van der Waals surface area (Å²) in [6, 6.07) is 13.2. The Morgan fingerprint density at radius 1 is 0.892 bits per heavy atom. The van der Waals surface area contributed by atoms with Crippen LogP contribution in [0, 0.1) is 58.2 Å². The Morgan fingerprint density at radius 3 is 2.54 bits per heavy atom. The highest BCUT2D eigenvalue weighted by molar-refractivity contribution is 6.33. The van der Waals surface area contributed by atoms with E-state index in [1.807, 2.05) is 38.2 Å². The number of fused-ring (bicyclic) bond motifs is 4. The lowest BCUT2D eigenvalue weighted by molar-refractivity contribution is -0.198. The lowest BCUT2D eigenvalue weighted by Gasteiger charge is -2.63. The van der Waals surface area contributed by atoms with Crippen LogP contribution in [-0.2, 0) is 20.7 Å². The summed E-state index contributed by atoms with van der Waals surface area (Å²) in [7, 11) is 1.97. The molecule has 15 nitrogen and oxygen atoms in total. The number of aliphatic hydroxyl groups excluding tert-OH is 3. The Labute approximate surface area is 550 Å². The Hall–Kier alpha value is -5.65. The number of esters is 1. The Balaban J connectivity index is 0.927. The number of nitrogens with one attached hydrogen (secondary N) is 5. The number of aliphatic hydroxyl groups is 3. The van der Waals surface area contributed by atoms with Gasteiger partial charge in [0.2, 0.25) is 5.78 Å². The second-order valence-electron chi connectivity index (χ2n) is 31.8. The molecule has 17 atom stereocenters. The van der Waals surface area contributed by atoms with Gasteiger partial charge in [-0.2, -0.15) is 0 Å².